The molecule has 2 heterocycles. The standard InChI is InChI=1S/C26H31ClN4O/c1-3-23(32)18-30-12-14-31(15-13-30)26-24(17-20-8-7-11-22(27)16-20)19(2)28-25(29-26)21-9-5-4-6-10-21/h4-11,16,23,32H,3,12-15,17-18H2,1-2H3/t23-/m1/s1. The third kappa shape index (κ3) is 5.47. The van der Waals surface area contributed by atoms with Gasteiger partial charge in [-0.3, -0.25) is 4.90 Å². The number of aromatic nitrogens is 2. The number of benzene rings is 2. The Morgan fingerprint density at radius 3 is 2.44 bits per heavy atom. The molecular formula is C26H31ClN4O. The van der Waals surface area contributed by atoms with Gasteiger partial charge >= 0.3 is 0 Å². The Kier molecular flexibility index (Phi) is 7.40. The Bertz CT molecular complexity index is 1040. The van der Waals surface area contributed by atoms with E-state index >= 15 is 0 Å². The maximum Gasteiger partial charge on any atom is 0.161 e. The van der Waals surface area contributed by atoms with Gasteiger partial charge in [0.15, 0.2) is 5.82 Å². The van der Waals surface area contributed by atoms with Crippen molar-refractivity contribution in [2.24, 2.45) is 0 Å². The van der Waals surface area contributed by atoms with Gasteiger partial charge in [-0.05, 0) is 31.0 Å². The predicted molar refractivity (Wildman–Crippen MR) is 131 cm³/mol. The molecule has 0 saturated carbocycles. The molecule has 1 aliphatic rings. The minimum atomic E-state index is -0.258. The Morgan fingerprint density at radius 1 is 1.00 bits per heavy atom. The lowest BCUT2D eigenvalue weighted by Gasteiger charge is -2.37. The van der Waals surface area contributed by atoms with E-state index in [0.29, 0.717) is 0 Å². The molecule has 0 bridgehead atoms. The molecule has 168 valence electrons. The Labute approximate surface area is 195 Å². The molecule has 1 saturated heterocycles. The summed E-state index contributed by atoms with van der Waals surface area (Å²) in [5.74, 6) is 1.77. The lowest BCUT2D eigenvalue weighted by molar-refractivity contribution is 0.106. The summed E-state index contributed by atoms with van der Waals surface area (Å²) in [4.78, 5) is 14.6. The highest BCUT2D eigenvalue weighted by Crippen LogP contribution is 2.29. The number of aryl methyl sites for hydroxylation is 1. The fourth-order valence-electron chi connectivity index (χ4n) is 4.19. The summed E-state index contributed by atoms with van der Waals surface area (Å²) >= 11 is 6.25. The number of β-amino-alcohol motifs (C(OH)–C–C–N with tert-alkyl or cyclic N) is 1. The third-order valence-electron chi connectivity index (χ3n) is 6.11. The van der Waals surface area contributed by atoms with Crippen molar-refractivity contribution < 1.29 is 5.11 Å². The van der Waals surface area contributed by atoms with Crippen molar-refractivity contribution in [3.05, 3.63) is 76.4 Å². The number of halogens is 1. The van der Waals surface area contributed by atoms with Gasteiger partial charge < -0.3 is 10.0 Å². The quantitative estimate of drug-likeness (QED) is 0.570. The van der Waals surface area contributed by atoms with Crippen molar-refractivity contribution >= 4 is 17.4 Å². The van der Waals surface area contributed by atoms with Crippen molar-refractivity contribution in [2.45, 2.75) is 32.8 Å². The lowest BCUT2D eigenvalue weighted by atomic mass is 10.0. The molecule has 2 aromatic carbocycles. The number of rotatable bonds is 7. The van der Waals surface area contributed by atoms with Gasteiger partial charge in [0.25, 0.3) is 0 Å². The van der Waals surface area contributed by atoms with Gasteiger partial charge in [0, 0.05) is 61.0 Å². The van der Waals surface area contributed by atoms with Gasteiger partial charge in [0.2, 0.25) is 0 Å². The first-order valence-electron chi connectivity index (χ1n) is 11.4. The van der Waals surface area contributed by atoms with Gasteiger partial charge in [-0.1, -0.05) is 61.0 Å². The van der Waals surface area contributed by atoms with Crippen molar-refractivity contribution in [2.75, 3.05) is 37.6 Å². The van der Waals surface area contributed by atoms with Crippen molar-refractivity contribution in [1.29, 1.82) is 0 Å². The molecule has 32 heavy (non-hydrogen) atoms. The molecule has 1 aromatic heterocycles. The molecule has 1 atom stereocenters. The maximum atomic E-state index is 10.0. The van der Waals surface area contributed by atoms with Crippen LogP contribution in [0.2, 0.25) is 5.02 Å². The van der Waals surface area contributed by atoms with E-state index in [2.05, 4.69) is 34.9 Å². The van der Waals surface area contributed by atoms with Crippen LogP contribution in [-0.2, 0) is 6.42 Å². The number of hydrogen-bond acceptors (Lipinski definition) is 5. The molecule has 0 spiro atoms. The van der Waals surface area contributed by atoms with E-state index in [1.807, 2.05) is 43.3 Å². The van der Waals surface area contributed by atoms with Crippen LogP contribution in [0.15, 0.2) is 54.6 Å². The summed E-state index contributed by atoms with van der Waals surface area (Å²) in [5, 5.41) is 10.8. The first-order chi connectivity index (χ1) is 15.5. The zero-order chi connectivity index (χ0) is 22.5. The summed E-state index contributed by atoms with van der Waals surface area (Å²) in [6, 6.07) is 18.2. The SMILES string of the molecule is CC[C@@H](O)CN1CCN(c2nc(-c3ccccc3)nc(C)c2Cc2cccc(Cl)c2)CC1. The average molecular weight is 451 g/mol. The highest BCUT2D eigenvalue weighted by molar-refractivity contribution is 6.30. The smallest absolute Gasteiger partial charge is 0.161 e. The number of aliphatic hydroxyl groups excluding tert-OH is 1. The molecule has 3 aromatic rings. The second kappa shape index (κ2) is 10.4. The van der Waals surface area contributed by atoms with Crippen LogP contribution < -0.4 is 4.90 Å². The van der Waals surface area contributed by atoms with Crippen LogP contribution in [0.25, 0.3) is 11.4 Å². The molecule has 6 heteroatoms. The molecule has 5 nitrogen and oxygen atoms in total. The van der Waals surface area contributed by atoms with E-state index in [1.165, 1.54) is 0 Å². The highest BCUT2D eigenvalue weighted by atomic mass is 35.5. The largest absolute Gasteiger partial charge is 0.392 e. The summed E-state index contributed by atoms with van der Waals surface area (Å²) < 4.78 is 0. The minimum Gasteiger partial charge on any atom is -0.392 e. The number of hydrogen-bond donors (Lipinski definition) is 1. The Hall–Kier alpha value is -2.47. The monoisotopic (exact) mass is 450 g/mol. The minimum absolute atomic E-state index is 0.258. The summed E-state index contributed by atoms with van der Waals surface area (Å²) in [5.41, 5.74) is 4.32. The highest BCUT2D eigenvalue weighted by Gasteiger charge is 2.24. The summed E-state index contributed by atoms with van der Waals surface area (Å²) in [7, 11) is 0. The van der Waals surface area contributed by atoms with Crippen LogP contribution in [0, 0.1) is 6.92 Å². The number of aliphatic hydroxyl groups is 1. The van der Waals surface area contributed by atoms with E-state index in [1.54, 1.807) is 0 Å². The molecule has 1 fully saturated rings. The van der Waals surface area contributed by atoms with E-state index in [-0.39, 0.29) is 6.10 Å². The molecule has 0 radical (unpaired) electrons. The summed E-state index contributed by atoms with van der Waals surface area (Å²) in [6.07, 6.45) is 1.27. The van der Waals surface area contributed by atoms with E-state index < -0.39 is 0 Å². The third-order valence-corrected chi connectivity index (χ3v) is 6.34. The van der Waals surface area contributed by atoms with Crippen molar-refractivity contribution in [3.8, 4) is 11.4 Å². The lowest BCUT2D eigenvalue weighted by Crippen LogP contribution is -2.49. The number of nitrogens with zero attached hydrogens (tertiary/aromatic N) is 4. The normalized spacial score (nSPS) is 15.7. The van der Waals surface area contributed by atoms with E-state index in [9.17, 15) is 5.11 Å². The fraction of sp³-hybridized carbons (Fsp3) is 0.385. The molecule has 1 aliphatic heterocycles. The maximum absolute atomic E-state index is 10.0. The van der Waals surface area contributed by atoms with E-state index in [0.717, 1.165) is 84.6 Å². The molecule has 4 rings (SSSR count). The second-order valence-electron chi connectivity index (χ2n) is 8.46. The fourth-order valence-corrected chi connectivity index (χ4v) is 4.40. The molecular weight excluding hydrogens is 420 g/mol. The molecule has 1 N–H and O–H groups in total. The molecule has 0 amide bonds. The van der Waals surface area contributed by atoms with Gasteiger partial charge in [0.1, 0.15) is 5.82 Å². The first-order valence-corrected chi connectivity index (χ1v) is 11.7. The van der Waals surface area contributed by atoms with Crippen molar-refractivity contribution in [1.82, 2.24) is 14.9 Å². The van der Waals surface area contributed by atoms with Gasteiger partial charge in [-0.2, -0.15) is 0 Å². The number of piperazine rings is 1. The molecule has 0 aliphatic carbocycles. The topological polar surface area (TPSA) is 52.5 Å². The Balaban J connectivity index is 1.65. The second-order valence-corrected chi connectivity index (χ2v) is 8.89. The molecule has 0 unspecified atom stereocenters. The van der Waals surface area contributed by atoms with Crippen LogP contribution >= 0.6 is 11.6 Å². The first kappa shape index (κ1) is 22.7. The van der Waals surface area contributed by atoms with Crippen LogP contribution in [0.5, 0.6) is 0 Å². The number of anilines is 1. The van der Waals surface area contributed by atoms with Gasteiger partial charge in [-0.25, -0.2) is 9.97 Å². The summed E-state index contributed by atoms with van der Waals surface area (Å²) in [6.45, 7) is 8.42. The van der Waals surface area contributed by atoms with Crippen molar-refractivity contribution in [3.63, 3.8) is 0 Å². The van der Waals surface area contributed by atoms with E-state index in [4.69, 9.17) is 21.6 Å². The zero-order valence-electron chi connectivity index (χ0n) is 18.8. The average Bonchev–Trinajstić information content (AvgIpc) is 2.81. The van der Waals surface area contributed by atoms with Crippen LogP contribution in [0.3, 0.4) is 0 Å². The van der Waals surface area contributed by atoms with Crippen LogP contribution in [-0.4, -0.2) is 58.8 Å². The van der Waals surface area contributed by atoms with Crippen LogP contribution in [0.4, 0.5) is 5.82 Å². The predicted octanol–water partition coefficient (Wildman–Crippen LogP) is 4.59. The van der Waals surface area contributed by atoms with Gasteiger partial charge in [-0.15, -0.1) is 0 Å². The van der Waals surface area contributed by atoms with Crippen LogP contribution in [0.1, 0.15) is 30.2 Å². The Morgan fingerprint density at radius 2 is 1.75 bits per heavy atom. The van der Waals surface area contributed by atoms with Gasteiger partial charge in [0.05, 0.1) is 6.10 Å². The zero-order valence-corrected chi connectivity index (χ0v) is 19.6.